The highest BCUT2D eigenvalue weighted by atomic mass is 32.1. The number of thiophene rings is 1. The zero-order valence-corrected chi connectivity index (χ0v) is 18.3. The van der Waals surface area contributed by atoms with Crippen LogP contribution in [-0.4, -0.2) is 27.9 Å². The first-order chi connectivity index (χ1) is 14.8. The van der Waals surface area contributed by atoms with Gasteiger partial charge in [-0.25, -0.2) is 10.4 Å². The van der Waals surface area contributed by atoms with Crippen LogP contribution in [-0.2, 0) is 6.54 Å². The molecule has 0 bridgehead atoms. The van der Waals surface area contributed by atoms with E-state index in [1.54, 1.807) is 22.7 Å². The van der Waals surface area contributed by atoms with E-state index in [1.165, 1.54) is 11.1 Å². The van der Waals surface area contributed by atoms with Crippen molar-refractivity contribution in [1.29, 1.82) is 0 Å². The molecule has 1 saturated heterocycles. The molecule has 0 spiro atoms. The van der Waals surface area contributed by atoms with Crippen molar-refractivity contribution in [2.24, 2.45) is 5.92 Å². The Morgan fingerprint density at radius 2 is 2.10 bits per heavy atom. The molecule has 0 amide bonds. The van der Waals surface area contributed by atoms with Gasteiger partial charge in [-0.3, -0.25) is 10.1 Å². The molecule has 2 unspecified atom stereocenters. The number of anilines is 1. The highest BCUT2D eigenvalue weighted by Gasteiger charge is 2.28. The van der Waals surface area contributed by atoms with Crippen LogP contribution in [0.1, 0.15) is 22.9 Å². The fourth-order valence-corrected chi connectivity index (χ4v) is 5.41. The number of benzene rings is 1. The Morgan fingerprint density at radius 3 is 2.93 bits per heavy atom. The van der Waals surface area contributed by atoms with Gasteiger partial charge in [0, 0.05) is 25.2 Å². The number of hydrazine groups is 1. The largest absolute Gasteiger partial charge is 0.361 e. The van der Waals surface area contributed by atoms with E-state index in [1.807, 2.05) is 10.9 Å². The summed E-state index contributed by atoms with van der Waals surface area (Å²) in [7, 11) is 0. The number of thiazole rings is 1. The van der Waals surface area contributed by atoms with Gasteiger partial charge in [-0.2, -0.15) is 16.4 Å². The summed E-state index contributed by atoms with van der Waals surface area (Å²) < 4.78 is 1.99. The Bertz CT molecular complexity index is 1090. The summed E-state index contributed by atoms with van der Waals surface area (Å²) in [4.78, 5) is 5.88. The normalized spacial score (nSPS) is 18.7. The number of nitrogens with zero attached hydrogens (tertiary/aromatic N) is 3. The second kappa shape index (κ2) is 8.69. The summed E-state index contributed by atoms with van der Waals surface area (Å²) in [5.74, 6) is 0.449. The van der Waals surface area contributed by atoms with Crippen LogP contribution < -0.4 is 16.2 Å². The number of nitrogens with one attached hydrogen (secondary N) is 3. The minimum Gasteiger partial charge on any atom is -0.361 e. The predicted molar refractivity (Wildman–Crippen MR) is 124 cm³/mol. The number of hydrogen-bond acceptors (Lipinski definition) is 7. The van der Waals surface area contributed by atoms with Gasteiger partial charge in [0.25, 0.3) is 0 Å². The summed E-state index contributed by atoms with van der Waals surface area (Å²) in [6.07, 6.45) is 2.04. The molecule has 4 aromatic rings. The van der Waals surface area contributed by atoms with Gasteiger partial charge < -0.3 is 5.32 Å². The fourth-order valence-electron chi connectivity index (χ4n) is 3.81. The van der Waals surface area contributed by atoms with Crippen molar-refractivity contribution >= 4 is 27.8 Å². The minimum absolute atomic E-state index is 0.298. The third-order valence-electron chi connectivity index (χ3n) is 5.36. The predicted octanol–water partition coefficient (Wildman–Crippen LogP) is 4.30. The maximum Gasteiger partial charge on any atom is 0.183 e. The first-order valence-electron chi connectivity index (χ1n) is 10.1. The fraction of sp³-hybridized carbons (Fsp3) is 0.273. The molecule has 1 fully saturated rings. The summed E-state index contributed by atoms with van der Waals surface area (Å²) >= 11 is 3.39. The van der Waals surface area contributed by atoms with Crippen LogP contribution in [0.3, 0.4) is 0 Å². The summed E-state index contributed by atoms with van der Waals surface area (Å²) in [5.41, 5.74) is 11.3. The summed E-state index contributed by atoms with van der Waals surface area (Å²) in [5, 5.41) is 13.5. The van der Waals surface area contributed by atoms with Crippen LogP contribution in [0.25, 0.3) is 10.6 Å². The average molecular weight is 437 g/mol. The Labute approximate surface area is 184 Å². The van der Waals surface area contributed by atoms with Crippen LogP contribution in [0.4, 0.5) is 5.13 Å². The molecule has 154 valence electrons. The average Bonchev–Trinajstić information content (AvgIpc) is 3.55. The van der Waals surface area contributed by atoms with Crippen molar-refractivity contribution in [1.82, 2.24) is 25.6 Å². The van der Waals surface area contributed by atoms with Crippen LogP contribution in [0, 0.1) is 12.8 Å². The van der Waals surface area contributed by atoms with Crippen molar-refractivity contribution in [3.63, 3.8) is 0 Å². The van der Waals surface area contributed by atoms with E-state index >= 15 is 0 Å². The van der Waals surface area contributed by atoms with E-state index in [4.69, 9.17) is 10.1 Å². The molecule has 4 heterocycles. The summed E-state index contributed by atoms with van der Waals surface area (Å²) in [6.45, 7) is 4.64. The molecule has 0 saturated carbocycles. The van der Waals surface area contributed by atoms with E-state index in [0.29, 0.717) is 12.0 Å². The van der Waals surface area contributed by atoms with Crippen molar-refractivity contribution in [3.8, 4) is 10.6 Å². The van der Waals surface area contributed by atoms with Gasteiger partial charge in [0.05, 0.1) is 23.2 Å². The van der Waals surface area contributed by atoms with Gasteiger partial charge in [-0.15, -0.1) is 0 Å². The van der Waals surface area contributed by atoms with Crippen LogP contribution >= 0.6 is 22.7 Å². The lowest BCUT2D eigenvalue weighted by atomic mass is 9.95. The molecule has 0 radical (unpaired) electrons. The maximum absolute atomic E-state index is 4.76. The quantitative estimate of drug-likeness (QED) is 0.403. The molecular formula is C22H24N6S2. The van der Waals surface area contributed by atoms with E-state index < -0.39 is 0 Å². The Hall–Kier alpha value is -2.52. The number of rotatable bonds is 7. The first-order valence-corrected chi connectivity index (χ1v) is 11.8. The molecule has 0 aliphatic carbocycles. The third kappa shape index (κ3) is 4.17. The van der Waals surface area contributed by atoms with Gasteiger partial charge in [0.15, 0.2) is 5.13 Å². The van der Waals surface area contributed by atoms with Crippen LogP contribution in [0.2, 0.25) is 0 Å². The van der Waals surface area contributed by atoms with E-state index in [2.05, 4.69) is 76.3 Å². The highest BCUT2D eigenvalue weighted by molar-refractivity contribution is 7.19. The number of aromatic nitrogens is 3. The molecule has 6 nitrogen and oxygen atoms in total. The lowest BCUT2D eigenvalue weighted by Gasteiger charge is -2.18. The van der Waals surface area contributed by atoms with E-state index in [-0.39, 0.29) is 0 Å². The van der Waals surface area contributed by atoms with Crippen molar-refractivity contribution in [3.05, 3.63) is 76.2 Å². The van der Waals surface area contributed by atoms with Crippen molar-refractivity contribution in [2.75, 3.05) is 18.4 Å². The second-order valence-corrected chi connectivity index (χ2v) is 9.30. The van der Waals surface area contributed by atoms with Gasteiger partial charge in [-0.1, -0.05) is 41.7 Å². The molecular weight excluding hydrogens is 412 g/mol. The van der Waals surface area contributed by atoms with E-state index in [0.717, 1.165) is 41.0 Å². The SMILES string of the molecule is Cc1nc(NCC2CNNC2c2ccccc2)sc1-c1ccn(Cc2ccsc2)n1. The Kier molecular flexibility index (Phi) is 5.63. The second-order valence-electron chi connectivity index (χ2n) is 7.52. The number of hydrogen-bond donors (Lipinski definition) is 3. The van der Waals surface area contributed by atoms with Gasteiger partial charge >= 0.3 is 0 Å². The first kappa shape index (κ1) is 19.4. The molecule has 3 aromatic heterocycles. The Morgan fingerprint density at radius 1 is 1.20 bits per heavy atom. The Balaban J connectivity index is 1.25. The molecule has 8 heteroatoms. The molecule has 1 aliphatic heterocycles. The van der Waals surface area contributed by atoms with Gasteiger partial charge in [-0.05, 0) is 40.9 Å². The summed E-state index contributed by atoms with van der Waals surface area (Å²) in [6, 6.07) is 15.1. The van der Waals surface area contributed by atoms with Crippen LogP contribution in [0.5, 0.6) is 0 Å². The molecule has 2 atom stereocenters. The molecule has 1 aliphatic rings. The maximum atomic E-state index is 4.76. The molecule has 5 rings (SSSR count). The topological polar surface area (TPSA) is 66.8 Å². The lowest BCUT2D eigenvalue weighted by Crippen LogP contribution is -2.25. The van der Waals surface area contributed by atoms with Crippen molar-refractivity contribution < 1.29 is 0 Å². The lowest BCUT2D eigenvalue weighted by molar-refractivity contribution is 0.493. The highest BCUT2D eigenvalue weighted by Crippen LogP contribution is 2.32. The monoisotopic (exact) mass is 436 g/mol. The number of aryl methyl sites for hydroxylation is 1. The van der Waals surface area contributed by atoms with Gasteiger partial charge in [0.2, 0.25) is 0 Å². The molecule has 3 N–H and O–H groups in total. The molecule has 30 heavy (non-hydrogen) atoms. The van der Waals surface area contributed by atoms with Gasteiger partial charge in [0.1, 0.15) is 5.69 Å². The van der Waals surface area contributed by atoms with Crippen LogP contribution in [0.15, 0.2) is 59.4 Å². The third-order valence-corrected chi connectivity index (χ3v) is 7.23. The zero-order valence-electron chi connectivity index (χ0n) is 16.7. The smallest absolute Gasteiger partial charge is 0.183 e. The zero-order chi connectivity index (χ0) is 20.3. The minimum atomic E-state index is 0.298. The van der Waals surface area contributed by atoms with Crippen molar-refractivity contribution in [2.45, 2.75) is 19.5 Å². The molecule has 1 aromatic carbocycles. The van der Waals surface area contributed by atoms with E-state index in [9.17, 15) is 0 Å². The standard InChI is InChI=1S/C22H24N6S2/c1-15-21(19-7-9-28(27-19)13-16-8-10-29-14-16)30-22(25-15)23-11-18-12-24-26-20(18)17-5-3-2-4-6-17/h2-10,14,18,20,24,26H,11-13H2,1H3,(H,23,25).